The van der Waals surface area contributed by atoms with Crippen molar-refractivity contribution >= 4 is 11.9 Å². The molecule has 0 radical (unpaired) electrons. The van der Waals surface area contributed by atoms with E-state index in [0.717, 1.165) is 0 Å². The van der Waals surface area contributed by atoms with E-state index in [1.54, 1.807) is 54.6 Å². The fraction of sp³-hybridized carbons (Fsp3) is 0.125. The van der Waals surface area contributed by atoms with Gasteiger partial charge in [0.1, 0.15) is 6.04 Å². The molecule has 21 heavy (non-hydrogen) atoms. The maximum Gasteiger partial charge on any atom is 0.322 e. The SMILES string of the molecule is N[C@@H](C(=O)O)[C@@H](NC(=O)c1ccccc1)c1ccccc1. The van der Waals surface area contributed by atoms with E-state index >= 15 is 0 Å². The lowest BCUT2D eigenvalue weighted by Crippen LogP contribution is -2.45. The molecule has 0 heterocycles. The highest BCUT2D eigenvalue weighted by molar-refractivity contribution is 5.94. The van der Waals surface area contributed by atoms with E-state index in [1.165, 1.54) is 0 Å². The predicted octanol–water partition coefficient (Wildman–Crippen LogP) is 1.57. The van der Waals surface area contributed by atoms with Crippen LogP contribution < -0.4 is 11.1 Å². The van der Waals surface area contributed by atoms with Crippen molar-refractivity contribution in [2.75, 3.05) is 0 Å². The second-order valence-corrected chi connectivity index (χ2v) is 4.59. The fourth-order valence-corrected chi connectivity index (χ4v) is 2.00. The maximum atomic E-state index is 12.2. The second kappa shape index (κ2) is 6.67. The summed E-state index contributed by atoms with van der Waals surface area (Å²) in [5.41, 5.74) is 6.81. The van der Waals surface area contributed by atoms with E-state index in [4.69, 9.17) is 10.8 Å². The molecule has 5 nitrogen and oxygen atoms in total. The molecule has 0 fully saturated rings. The zero-order valence-corrected chi connectivity index (χ0v) is 11.3. The van der Waals surface area contributed by atoms with Gasteiger partial charge in [0.25, 0.3) is 5.91 Å². The zero-order valence-electron chi connectivity index (χ0n) is 11.3. The fourth-order valence-electron chi connectivity index (χ4n) is 2.00. The molecule has 0 aromatic heterocycles. The van der Waals surface area contributed by atoms with Crippen molar-refractivity contribution in [3.05, 3.63) is 71.8 Å². The van der Waals surface area contributed by atoms with Crippen LogP contribution in [0, 0.1) is 0 Å². The summed E-state index contributed by atoms with van der Waals surface area (Å²) in [6, 6.07) is 15.4. The van der Waals surface area contributed by atoms with Gasteiger partial charge in [-0.15, -0.1) is 0 Å². The number of carboxylic acid groups (broad SMARTS) is 1. The Labute approximate surface area is 122 Å². The van der Waals surface area contributed by atoms with E-state index < -0.39 is 18.1 Å². The normalized spacial score (nSPS) is 13.2. The molecule has 0 aliphatic rings. The number of nitrogens with one attached hydrogen (secondary N) is 1. The van der Waals surface area contributed by atoms with Gasteiger partial charge in [-0.3, -0.25) is 9.59 Å². The Kier molecular flexibility index (Phi) is 4.68. The summed E-state index contributed by atoms with van der Waals surface area (Å²) in [4.78, 5) is 23.4. The minimum Gasteiger partial charge on any atom is -0.480 e. The molecular formula is C16H16N2O3. The van der Waals surface area contributed by atoms with Gasteiger partial charge in [-0.05, 0) is 17.7 Å². The van der Waals surface area contributed by atoms with Gasteiger partial charge >= 0.3 is 5.97 Å². The van der Waals surface area contributed by atoms with E-state index in [-0.39, 0.29) is 5.91 Å². The minimum atomic E-state index is -1.22. The van der Waals surface area contributed by atoms with Gasteiger partial charge < -0.3 is 16.2 Å². The molecule has 5 heteroatoms. The summed E-state index contributed by atoms with van der Waals surface area (Å²) in [5.74, 6) is -1.53. The lowest BCUT2D eigenvalue weighted by Gasteiger charge is -2.22. The number of nitrogens with two attached hydrogens (primary N) is 1. The molecule has 0 bridgehead atoms. The van der Waals surface area contributed by atoms with Crippen molar-refractivity contribution < 1.29 is 14.7 Å². The number of rotatable bonds is 5. The Balaban J connectivity index is 2.25. The van der Waals surface area contributed by atoms with Crippen LogP contribution in [0.4, 0.5) is 0 Å². The van der Waals surface area contributed by atoms with Crippen LogP contribution in [0.15, 0.2) is 60.7 Å². The summed E-state index contributed by atoms with van der Waals surface area (Å²) in [5, 5.41) is 11.8. The van der Waals surface area contributed by atoms with Crippen LogP contribution in [0.25, 0.3) is 0 Å². The maximum absolute atomic E-state index is 12.2. The lowest BCUT2D eigenvalue weighted by atomic mass is 9.99. The van der Waals surface area contributed by atoms with E-state index in [2.05, 4.69) is 5.32 Å². The molecule has 0 saturated heterocycles. The summed E-state index contributed by atoms with van der Waals surface area (Å²) >= 11 is 0. The highest BCUT2D eigenvalue weighted by Gasteiger charge is 2.27. The molecule has 0 spiro atoms. The summed E-state index contributed by atoms with van der Waals surface area (Å²) in [6.07, 6.45) is 0. The van der Waals surface area contributed by atoms with Crippen LogP contribution in [0.5, 0.6) is 0 Å². The molecule has 2 atom stereocenters. The number of aliphatic carboxylic acids is 1. The Morgan fingerprint density at radius 2 is 1.48 bits per heavy atom. The molecule has 2 aromatic carbocycles. The number of carboxylic acids is 1. The topological polar surface area (TPSA) is 92.4 Å². The Morgan fingerprint density at radius 3 is 2.00 bits per heavy atom. The molecule has 108 valence electrons. The zero-order chi connectivity index (χ0) is 15.2. The largest absolute Gasteiger partial charge is 0.480 e. The van der Waals surface area contributed by atoms with Gasteiger partial charge in [-0.25, -0.2) is 0 Å². The van der Waals surface area contributed by atoms with Crippen LogP contribution in [-0.4, -0.2) is 23.0 Å². The average Bonchev–Trinajstić information content (AvgIpc) is 2.53. The average molecular weight is 284 g/mol. The van der Waals surface area contributed by atoms with Crippen LogP contribution in [-0.2, 0) is 4.79 Å². The first-order valence-corrected chi connectivity index (χ1v) is 6.49. The van der Waals surface area contributed by atoms with Gasteiger partial charge in [-0.2, -0.15) is 0 Å². The molecule has 2 rings (SSSR count). The molecule has 4 N–H and O–H groups in total. The number of benzene rings is 2. The summed E-state index contributed by atoms with van der Waals surface area (Å²) in [7, 11) is 0. The van der Waals surface area contributed by atoms with Crippen LogP contribution >= 0.6 is 0 Å². The standard InChI is InChI=1S/C16H16N2O3/c17-13(16(20)21)14(11-7-3-1-4-8-11)18-15(19)12-9-5-2-6-10-12/h1-10,13-14H,17H2,(H,18,19)(H,20,21)/t13-,14+/m1/s1. The summed E-state index contributed by atoms with van der Waals surface area (Å²) in [6.45, 7) is 0. The summed E-state index contributed by atoms with van der Waals surface area (Å²) < 4.78 is 0. The van der Waals surface area contributed by atoms with E-state index in [0.29, 0.717) is 11.1 Å². The molecule has 2 aromatic rings. The number of hydrogen-bond donors (Lipinski definition) is 3. The molecule has 0 aliphatic carbocycles. The van der Waals surface area contributed by atoms with E-state index in [1.807, 2.05) is 6.07 Å². The van der Waals surface area contributed by atoms with Crippen molar-refractivity contribution in [3.63, 3.8) is 0 Å². The van der Waals surface area contributed by atoms with Gasteiger partial charge in [0.2, 0.25) is 0 Å². The van der Waals surface area contributed by atoms with Gasteiger partial charge in [0, 0.05) is 5.56 Å². The van der Waals surface area contributed by atoms with E-state index in [9.17, 15) is 9.59 Å². The third-order valence-electron chi connectivity index (χ3n) is 3.13. The number of hydrogen-bond acceptors (Lipinski definition) is 3. The number of carbonyl (C=O) groups excluding carboxylic acids is 1. The van der Waals surface area contributed by atoms with Crippen LogP contribution in [0.3, 0.4) is 0 Å². The Hall–Kier alpha value is -2.66. The highest BCUT2D eigenvalue weighted by atomic mass is 16.4. The molecule has 0 aliphatic heterocycles. The Bertz CT molecular complexity index is 614. The minimum absolute atomic E-state index is 0.360. The molecular weight excluding hydrogens is 268 g/mol. The van der Waals surface area contributed by atoms with Crippen molar-refractivity contribution in [2.24, 2.45) is 5.73 Å². The van der Waals surface area contributed by atoms with Crippen molar-refractivity contribution in [1.82, 2.24) is 5.32 Å². The van der Waals surface area contributed by atoms with Crippen LogP contribution in [0.1, 0.15) is 22.0 Å². The third kappa shape index (κ3) is 3.67. The Morgan fingerprint density at radius 1 is 0.952 bits per heavy atom. The van der Waals surface area contributed by atoms with Gasteiger partial charge in [-0.1, -0.05) is 48.5 Å². The third-order valence-corrected chi connectivity index (χ3v) is 3.13. The van der Waals surface area contributed by atoms with Gasteiger partial charge in [0.15, 0.2) is 0 Å². The number of amides is 1. The lowest BCUT2D eigenvalue weighted by molar-refractivity contribution is -0.139. The first kappa shape index (κ1) is 14.7. The smallest absolute Gasteiger partial charge is 0.322 e. The second-order valence-electron chi connectivity index (χ2n) is 4.59. The van der Waals surface area contributed by atoms with Crippen molar-refractivity contribution in [1.29, 1.82) is 0 Å². The molecule has 0 unspecified atom stereocenters. The molecule has 1 amide bonds. The van der Waals surface area contributed by atoms with Gasteiger partial charge in [0.05, 0.1) is 6.04 Å². The first-order valence-electron chi connectivity index (χ1n) is 6.49. The first-order chi connectivity index (χ1) is 10.1. The molecule has 0 saturated carbocycles. The number of carbonyl (C=O) groups is 2. The predicted molar refractivity (Wildman–Crippen MR) is 78.7 cm³/mol. The highest BCUT2D eigenvalue weighted by Crippen LogP contribution is 2.17. The van der Waals surface area contributed by atoms with Crippen molar-refractivity contribution in [3.8, 4) is 0 Å². The van der Waals surface area contributed by atoms with Crippen LogP contribution in [0.2, 0.25) is 0 Å². The van der Waals surface area contributed by atoms with Crippen molar-refractivity contribution in [2.45, 2.75) is 12.1 Å². The monoisotopic (exact) mass is 284 g/mol. The quantitative estimate of drug-likeness (QED) is 0.777.